The average molecular weight is 372 g/mol. The molecule has 134 valence electrons. The molecule has 0 aliphatic carbocycles. The number of thiazole rings is 1. The number of hydrogen-bond acceptors (Lipinski definition) is 5. The summed E-state index contributed by atoms with van der Waals surface area (Å²) in [5, 5.41) is 4.94. The number of nitrogens with zero attached hydrogens (tertiary/aromatic N) is 1. The zero-order valence-corrected chi connectivity index (χ0v) is 15.1. The van der Waals surface area contributed by atoms with Crippen molar-refractivity contribution in [3.05, 3.63) is 59.2 Å². The van der Waals surface area contributed by atoms with E-state index in [9.17, 15) is 9.18 Å². The van der Waals surface area contributed by atoms with E-state index in [0.717, 1.165) is 0 Å². The summed E-state index contributed by atoms with van der Waals surface area (Å²) in [7, 11) is 1.41. The molecule has 0 unspecified atom stereocenters. The molecular formula is C19H17FN2O3S. The molecule has 1 amide bonds. The van der Waals surface area contributed by atoms with Crippen LogP contribution < -0.4 is 14.8 Å². The summed E-state index contributed by atoms with van der Waals surface area (Å²) in [6.45, 7) is 2.41. The summed E-state index contributed by atoms with van der Waals surface area (Å²) in [6, 6.07) is 11.5. The highest BCUT2D eigenvalue weighted by Gasteiger charge is 2.12. The van der Waals surface area contributed by atoms with E-state index in [1.54, 1.807) is 41.8 Å². The van der Waals surface area contributed by atoms with Gasteiger partial charge in [0.15, 0.2) is 16.7 Å². The second-order valence-electron chi connectivity index (χ2n) is 5.30. The molecule has 0 aliphatic heterocycles. The predicted molar refractivity (Wildman–Crippen MR) is 99.6 cm³/mol. The molecule has 0 bridgehead atoms. The molecule has 0 radical (unpaired) electrons. The van der Waals surface area contributed by atoms with Crippen LogP contribution in [0.2, 0.25) is 0 Å². The Morgan fingerprint density at radius 1 is 1.27 bits per heavy atom. The van der Waals surface area contributed by atoms with Gasteiger partial charge in [0.25, 0.3) is 5.91 Å². The Morgan fingerprint density at radius 2 is 2.12 bits per heavy atom. The first kappa shape index (κ1) is 17.9. The number of amides is 1. The zero-order valence-electron chi connectivity index (χ0n) is 14.3. The molecule has 26 heavy (non-hydrogen) atoms. The van der Waals surface area contributed by atoms with Crippen LogP contribution in [-0.2, 0) is 0 Å². The Bertz CT molecular complexity index is 927. The van der Waals surface area contributed by atoms with Crippen LogP contribution in [-0.4, -0.2) is 24.6 Å². The Kier molecular flexibility index (Phi) is 5.48. The van der Waals surface area contributed by atoms with Gasteiger partial charge in [-0.2, -0.15) is 0 Å². The van der Waals surface area contributed by atoms with E-state index in [0.29, 0.717) is 34.3 Å². The maximum absolute atomic E-state index is 13.8. The van der Waals surface area contributed by atoms with Gasteiger partial charge in [0, 0.05) is 16.5 Å². The van der Waals surface area contributed by atoms with E-state index in [-0.39, 0.29) is 11.7 Å². The summed E-state index contributed by atoms with van der Waals surface area (Å²) < 4.78 is 24.2. The zero-order chi connectivity index (χ0) is 18.5. The molecule has 0 aliphatic rings. The minimum absolute atomic E-state index is 0.173. The van der Waals surface area contributed by atoms with Gasteiger partial charge < -0.3 is 9.47 Å². The van der Waals surface area contributed by atoms with E-state index in [1.165, 1.54) is 24.5 Å². The molecule has 5 nitrogen and oxygen atoms in total. The van der Waals surface area contributed by atoms with E-state index < -0.39 is 5.82 Å². The van der Waals surface area contributed by atoms with E-state index in [2.05, 4.69) is 10.3 Å². The largest absolute Gasteiger partial charge is 0.494 e. The lowest BCUT2D eigenvalue weighted by Crippen LogP contribution is -2.11. The fourth-order valence-electron chi connectivity index (χ4n) is 2.35. The van der Waals surface area contributed by atoms with E-state index in [4.69, 9.17) is 9.47 Å². The smallest absolute Gasteiger partial charge is 0.257 e. The number of halogens is 1. The Labute approximate surface area is 154 Å². The molecule has 1 N–H and O–H groups in total. The van der Waals surface area contributed by atoms with Crippen LogP contribution in [0.1, 0.15) is 17.3 Å². The molecule has 0 spiro atoms. The fourth-order valence-corrected chi connectivity index (χ4v) is 3.07. The fraction of sp³-hybridized carbons (Fsp3) is 0.158. The number of carbonyl (C=O) groups is 1. The van der Waals surface area contributed by atoms with Crippen molar-refractivity contribution >= 4 is 22.4 Å². The lowest BCUT2D eigenvalue weighted by Gasteiger charge is -2.06. The quantitative estimate of drug-likeness (QED) is 0.686. The molecule has 2 aromatic carbocycles. The molecule has 3 aromatic rings. The molecule has 0 saturated heterocycles. The second-order valence-corrected chi connectivity index (χ2v) is 6.16. The lowest BCUT2D eigenvalue weighted by atomic mass is 10.1. The van der Waals surface area contributed by atoms with Gasteiger partial charge in [-0.1, -0.05) is 6.07 Å². The normalized spacial score (nSPS) is 10.4. The summed E-state index contributed by atoms with van der Waals surface area (Å²) in [6.07, 6.45) is 0. The van der Waals surface area contributed by atoms with Crippen LogP contribution in [0.15, 0.2) is 47.8 Å². The number of methoxy groups -OCH3 is 1. The van der Waals surface area contributed by atoms with Crippen LogP contribution in [0.25, 0.3) is 11.3 Å². The maximum atomic E-state index is 13.8. The van der Waals surface area contributed by atoms with Crippen molar-refractivity contribution in [2.45, 2.75) is 6.92 Å². The number of ether oxygens (including phenoxy) is 2. The van der Waals surface area contributed by atoms with Crippen LogP contribution >= 0.6 is 11.3 Å². The lowest BCUT2D eigenvalue weighted by molar-refractivity contribution is 0.102. The highest BCUT2D eigenvalue weighted by atomic mass is 32.1. The van der Waals surface area contributed by atoms with E-state index >= 15 is 0 Å². The molecule has 7 heteroatoms. The number of carbonyl (C=O) groups excluding carboxylic acids is 1. The highest BCUT2D eigenvalue weighted by Crippen LogP contribution is 2.28. The first-order chi connectivity index (χ1) is 12.6. The number of aromatic nitrogens is 1. The Balaban J connectivity index is 1.75. The van der Waals surface area contributed by atoms with Crippen LogP contribution in [0.3, 0.4) is 0 Å². The Hall–Kier alpha value is -2.93. The first-order valence-electron chi connectivity index (χ1n) is 7.94. The predicted octanol–water partition coefficient (Wildman–Crippen LogP) is 4.61. The van der Waals surface area contributed by atoms with Crippen LogP contribution in [0, 0.1) is 5.82 Å². The molecule has 0 saturated carbocycles. The summed E-state index contributed by atoms with van der Waals surface area (Å²) >= 11 is 1.27. The summed E-state index contributed by atoms with van der Waals surface area (Å²) in [5.74, 6) is 0.0602. The van der Waals surface area contributed by atoms with Crippen molar-refractivity contribution in [3.63, 3.8) is 0 Å². The van der Waals surface area contributed by atoms with Crippen molar-refractivity contribution in [3.8, 4) is 22.8 Å². The average Bonchev–Trinajstić information content (AvgIpc) is 3.10. The first-order valence-corrected chi connectivity index (χ1v) is 8.82. The maximum Gasteiger partial charge on any atom is 0.257 e. The SMILES string of the molecule is CCOc1cccc(C(=O)Nc2nc(-c3ccc(OC)c(F)c3)cs2)c1. The number of nitrogens with one attached hydrogen (secondary N) is 1. The van der Waals surface area contributed by atoms with Gasteiger partial charge in [0.2, 0.25) is 0 Å². The molecule has 0 atom stereocenters. The van der Waals surface area contributed by atoms with Crippen molar-refractivity contribution in [2.24, 2.45) is 0 Å². The number of hydrogen-bond donors (Lipinski definition) is 1. The minimum Gasteiger partial charge on any atom is -0.494 e. The van der Waals surface area contributed by atoms with Crippen molar-refractivity contribution in [2.75, 3.05) is 19.0 Å². The highest BCUT2D eigenvalue weighted by molar-refractivity contribution is 7.14. The second kappa shape index (κ2) is 7.97. The van der Waals surface area contributed by atoms with Crippen molar-refractivity contribution < 1.29 is 18.7 Å². The minimum atomic E-state index is -0.462. The van der Waals surface area contributed by atoms with Crippen molar-refractivity contribution in [1.29, 1.82) is 0 Å². The molecule has 3 rings (SSSR count). The van der Waals surface area contributed by atoms with Gasteiger partial charge in [0.05, 0.1) is 19.4 Å². The molecular weight excluding hydrogens is 355 g/mol. The molecule has 1 heterocycles. The van der Waals surface area contributed by atoms with Gasteiger partial charge in [-0.3, -0.25) is 10.1 Å². The van der Waals surface area contributed by atoms with Crippen LogP contribution in [0.4, 0.5) is 9.52 Å². The molecule has 1 aromatic heterocycles. The number of anilines is 1. The van der Waals surface area contributed by atoms with Gasteiger partial charge in [-0.25, -0.2) is 9.37 Å². The third kappa shape index (κ3) is 4.00. The van der Waals surface area contributed by atoms with Gasteiger partial charge >= 0.3 is 0 Å². The van der Waals surface area contributed by atoms with Crippen LogP contribution in [0.5, 0.6) is 11.5 Å². The number of benzene rings is 2. The topological polar surface area (TPSA) is 60.5 Å². The third-order valence-electron chi connectivity index (χ3n) is 3.58. The third-order valence-corrected chi connectivity index (χ3v) is 4.34. The van der Waals surface area contributed by atoms with Gasteiger partial charge in [-0.05, 0) is 43.3 Å². The van der Waals surface area contributed by atoms with Gasteiger partial charge in [-0.15, -0.1) is 11.3 Å². The van der Waals surface area contributed by atoms with Crippen molar-refractivity contribution in [1.82, 2.24) is 4.98 Å². The summed E-state index contributed by atoms with van der Waals surface area (Å²) in [5.41, 5.74) is 1.66. The standard InChI is InChI=1S/C19H17FN2O3S/c1-3-25-14-6-4-5-13(9-14)18(23)22-19-21-16(11-26-19)12-7-8-17(24-2)15(20)10-12/h4-11H,3H2,1-2H3,(H,21,22,23). The monoisotopic (exact) mass is 372 g/mol. The number of rotatable bonds is 6. The molecule has 0 fully saturated rings. The Morgan fingerprint density at radius 3 is 2.85 bits per heavy atom. The summed E-state index contributed by atoms with van der Waals surface area (Å²) in [4.78, 5) is 16.7. The van der Waals surface area contributed by atoms with E-state index in [1.807, 2.05) is 6.92 Å². The van der Waals surface area contributed by atoms with Gasteiger partial charge in [0.1, 0.15) is 5.75 Å².